The van der Waals surface area contributed by atoms with E-state index in [9.17, 15) is 17.6 Å². The van der Waals surface area contributed by atoms with Crippen molar-refractivity contribution >= 4 is 27.0 Å². The van der Waals surface area contributed by atoms with Gasteiger partial charge in [0.25, 0.3) is 16.1 Å². The predicted octanol–water partition coefficient (Wildman–Crippen LogP) is 1.78. The highest BCUT2D eigenvalue weighted by molar-refractivity contribution is 7.86. The lowest BCUT2D eigenvalue weighted by Crippen LogP contribution is -2.53. The van der Waals surface area contributed by atoms with Gasteiger partial charge in [0.05, 0.1) is 16.8 Å². The van der Waals surface area contributed by atoms with E-state index in [2.05, 4.69) is 4.98 Å². The molecule has 150 valence electrons. The van der Waals surface area contributed by atoms with E-state index in [1.807, 2.05) is 0 Å². The molecule has 2 aliphatic heterocycles. The zero-order valence-corrected chi connectivity index (χ0v) is 16.6. The molecule has 0 N–H and O–H groups in total. The minimum absolute atomic E-state index is 0.200. The van der Waals surface area contributed by atoms with Crippen molar-refractivity contribution in [1.29, 1.82) is 0 Å². The Hall–Kier alpha value is -2.10. The number of pyridine rings is 1. The second kappa shape index (κ2) is 7.38. The van der Waals surface area contributed by atoms with Crippen LogP contribution in [0.2, 0.25) is 0 Å². The van der Waals surface area contributed by atoms with Crippen LogP contribution >= 0.6 is 0 Å². The minimum atomic E-state index is -3.44. The van der Waals surface area contributed by atoms with Crippen molar-refractivity contribution in [2.45, 2.75) is 19.8 Å². The van der Waals surface area contributed by atoms with E-state index in [1.54, 1.807) is 24.0 Å². The number of aryl methyl sites for hydroxylation is 1. The number of halogens is 1. The fraction of sp³-hybridized carbons (Fsp3) is 0.474. The summed E-state index contributed by atoms with van der Waals surface area (Å²) in [6.07, 6.45) is 1.79. The van der Waals surface area contributed by atoms with Gasteiger partial charge >= 0.3 is 0 Å². The number of nitrogens with zero attached hydrogens (tertiary/aromatic N) is 4. The van der Waals surface area contributed by atoms with Crippen LogP contribution in [-0.2, 0) is 10.2 Å². The zero-order valence-electron chi connectivity index (χ0n) is 15.8. The highest BCUT2D eigenvalue weighted by atomic mass is 32.2. The number of carbonyl (C=O) groups excluding carboxylic acids is 1. The SMILES string of the molecule is Cc1nc2ccc(F)cc2cc1C(=O)N1CCN(S(=O)(=O)N2CCCC2)CC1. The molecule has 0 radical (unpaired) electrons. The Labute approximate surface area is 163 Å². The van der Waals surface area contributed by atoms with E-state index >= 15 is 0 Å². The Kier molecular flexibility index (Phi) is 5.07. The van der Waals surface area contributed by atoms with Crippen molar-refractivity contribution < 1.29 is 17.6 Å². The van der Waals surface area contributed by atoms with Gasteiger partial charge < -0.3 is 4.90 Å². The summed E-state index contributed by atoms with van der Waals surface area (Å²) in [5, 5.41) is 0.573. The fourth-order valence-corrected chi connectivity index (χ4v) is 5.51. The molecule has 1 aromatic heterocycles. The van der Waals surface area contributed by atoms with Gasteiger partial charge in [0, 0.05) is 44.7 Å². The average Bonchev–Trinajstić information content (AvgIpc) is 3.23. The highest BCUT2D eigenvalue weighted by Gasteiger charge is 2.35. The molecular weight excluding hydrogens is 383 g/mol. The molecule has 0 atom stereocenters. The van der Waals surface area contributed by atoms with Crippen molar-refractivity contribution in [3.8, 4) is 0 Å². The van der Waals surface area contributed by atoms with Gasteiger partial charge in [-0.2, -0.15) is 17.0 Å². The molecule has 28 heavy (non-hydrogen) atoms. The van der Waals surface area contributed by atoms with E-state index in [4.69, 9.17) is 0 Å². The van der Waals surface area contributed by atoms with E-state index in [0.717, 1.165) is 12.8 Å². The number of rotatable bonds is 3. The van der Waals surface area contributed by atoms with Gasteiger partial charge in [-0.3, -0.25) is 9.78 Å². The third-order valence-electron chi connectivity index (χ3n) is 5.44. The van der Waals surface area contributed by atoms with Gasteiger partial charge in [-0.1, -0.05) is 0 Å². The molecule has 9 heteroatoms. The molecular formula is C19H23FN4O3S. The van der Waals surface area contributed by atoms with E-state index < -0.39 is 10.2 Å². The van der Waals surface area contributed by atoms with Gasteiger partial charge in [-0.15, -0.1) is 0 Å². The Morgan fingerprint density at radius 3 is 2.32 bits per heavy atom. The Morgan fingerprint density at radius 1 is 1.00 bits per heavy atom. The molecule has 1 amide bonds. The molecule has 0 saturated carbocycles. The first-order valence-corrected chi connectivity index (χ1v) is 10.9. The Bertz CT molecular complexity index is 1010. The third-order valence-corrected chi connectivity index (χ3v) is 7.48. The van der Waals surface area contributed by atoms with Crippen LogP contribution in [0.5, 0.6) is 0 Å². The molecule has 7 nitrogen and oxygen atoms in total. The first-order valence-electron chi connectivity index (χ1n) is 9.48. The van der Waals surface area contributed by atoms with Gasteiger partial charge in [-0.25, -0.2) is 4.39 Å². The van der Waals surface area contributed by atoms with Crippen LogP contribution in [-0.4, -0.2) is 72.1 Å². The molecule has 4 rings (SSSR count). The van der Waals surface area contributed by atoms with E-state index in [1.165, 1.54) is 20.7 Å². The number of fused-ring (bicyclic) bond motifs is 1. The first kappa shape index (κ1) is 19.2. The summed E-state index contributed by atoms with van der Waals surface area (Å²) in [7, 11) is -3.44. The molecule has 0 spiro atoms. The van der Waals surface area contributed by atoms with Crippen LogP contribution in [0.1, 0.15) is 28.9 Å². The monoisotopic (exact) mass is 406 g/mol. The highest BCUT2D eigenvalue weighted by Crippen LogP contribution is 2.22. The largest absolute Gasteiger partial charge is 0.336 e. The Morgan fingerprint density at radius 2 is 1.64 bits per heavy atom. The molecule has 0 aliphatic carbocycles. The number of carbonyl (C=O) groups is 1. The zero-order chi connectivity index (χ0) is 19.9. The van der Waals surface area contributed by atoms with Crippen molar-refractivity contribution in [2.24, 2.45) is 0 Å². The van der Waals surface area contributed by atoms with Crippen LogP contribution < -0.4 is 0 Å². The molecule has 3 heterocycles. The first-order chi connectivity index (χ1) is 13.4. The topological polar surface area (TPSA) is 73.8 Å². The molecule has 2 aliphatic rings. The lowest BCUT2D eigenvalue weighted by atomic mass is 10.1. The van der Waals surface area contributed by atoms with Crippen molar-refractivity contribution in [2.75, 3.05) is 39.3 Å². The van der Waals surface area contributed by atoms with Gasteiger partial charge in [-0.05, 0) is 44.0 Å². The van der Waals surface area contributed by atoms with E-state index in [0.29, 0.717) is 48.3 Å². The van der Waals surface area contributed by atoms with Crippen LogP contribution in [0.4, 0.5) is 4.39 Å². The number of benzene rings is 1. The summed E-state index contributed by atoms with van der Waals surface area (Å²) in [5.41, 5.74) is 1.64. The van der Waals surface area contributed by atoms with Gasteiger partial charge in [0.2, 0.25) is 0 Å². The number of hydrogen-bond donors (Lipinski definition) is 0. The van der Waals surface area contributed by atoms with Crippen molar-refractivity contribution in [3.63, 3.8) is 0 Å². The fourth-order valence-electron chi connectivity index (χ4n) is 3.83. The molecule has 2 saturated heterocycles. The summed E-state index contributed by atoms with van der Waals surface area (Å²) in [5.74, 6) is -0.577. The smallest absolute Gasteiger partial charge is 0.282 e. The standard InChI is InChI=1S/C19H23FN4O3S/c1-14-17(13-15-12-16(20)4-5-18(15)21-14)19(25)22-8-10-24(11-9-22)28(26,27)23-6-2-3-7-23/h4-5,12-13H,2-3,6-11H2,1H3. The van der Waals surface area contributed by atoms with Crippen LogP contribution in [0.15, 0.2) is 24.3 Å². The van der Waals surface area contributed by atoms with E-state index in [-0.39, 0.29) is 24.8 Å². The van der Waals surface area contributed by atoms with Crippen LogP contribution in [0.3, 0.4) is 0 Å². The quantitative estimate of drug-likeness (QED) is 0.779. The number of hydrogen-bond acceptors (Lipinski definition) is 4. The summed E-state index contributed by atoms with van der Waals surface area (Å²) in [4.78, 5) is 19.0. The van der Waals surface area contributed by atoms with Gasteiger partial charge in [0.15, 0.2) is 0 Å². The second-order valence-corrected chi connectivity index (χ2v) is 9.19. The summed E-state index contributed by atoms with van der Waals surface area (Å²) in [6, 6.07) is 5.96. The number of amides is 1. The normalized spacial score (nSPS) is 19.4. The molecule has 0 unspecified atom stereocenters. The lowest BCUT2D eigenvalue weighted by molar-refractivity contribution is 0.0693. The number of piperazine rings is 1. The molecule has 1 aromatic carbocycles. The molecule has 2 aromatic rings. The maximum Gasteiger partial charge on any atom is 0.282 e. The summed E-state index contributed by atoms with van der Waals surface area (Å²) >= 11 is 0. The Balaban J connectivity index is 1.50. The van der Waals surface area contributed by atoms with Gasteiger partial charge in [0.1, 0.15) is 5.82 Å². The lowest BCUT2D eigenvalue weighted by Gasteiger charge is -2.36. The number of aromatic nitrogens is 1. The predicted molar refractivity (Wildman–Crippen MR) is 104 cm³/mol. The third kappa shape index (κ3) is 3.49. The summed E-state index contributed by atoms with van der Waals surface area (Å²) < 4.78 is 41.8. The van der Waals surface area contributed by atoms with Crippen molar-refractivity contribution in [3.05, 3.63) is 41.3 Å². The minimum Gasteiger partial charge on any atom is -0.336 e. The molecule has 0 bridgehead atoms. The maximum absolute atomic E-state index is 13.5. The average molecular weight is 406 g/mol. The maximum atomic E-state index is 13.5. The second-order valence-electron chi connectivity index (χ2n) is 7.26. The molecule has 2 fully saturated rings. The van der Waals surface area contributed by atoms with Crippen LogP contribution in [0, 0.1) is 12.7 Å². The van der Waals surface area contributed by atoms with Crippen LogP contribution in [0.25, 0.3) is 10.9 Å². The summed E-state index contributed by atoms with van der Waals surface area (Å²) in [6.45, 7) is 4.10. The van der Waals surface area contributed by atoms with Crippen molar-refractivity contribution in [1.82, 2.24) is 18.5 Å².